The molecule has 6 heteroatoms. The Kier molecular flexibility index (Phi) is 9.75. The molecule has 4 nitrogen and oxygen atoms in total. The summed E-state index contributed by atoms with van der Waals surface area (Å²) in [5.74, 6) is 0.907. The van der Waals surface area contributed by atoms with Gasteiger partial charge in [0.25, 0.3) is 0 Å². The van der Waals surface area contributed by atoms with Crippen molar-refractivity contribution >= 4 is 42.5 Å². The van der Waals surface area contributed by atoms with Crippen LogP contribution in [0.3, 0.4) is 0 Å². The molecule has 0 N–H and O–H groups in total. The first kappa shape index (κ1) is 34.2. The van der Waals surface area contributed by atoms with E-state index < -0.39 is 0 Å². The van der Waals surface area contributed by atoms with Crippen molar-refractivity contribution < 1.29 is 20.1 Å². The number of rotatable bonds is 4. The molecule has 0 bridgehead atoms. The maximum Gasteiger partial charge on any atom is 0.0854 e. The van der Waals surface area contributed by atoms with Gasteiger partial charge in [0.2, 0.25) is 0 Å². The maximum atomic E-state index is 5.29. The normalized spacial score (nSPS) is 11.0. The number of hydrogen-bond donors (Lipinski definition) is 0. The van der Waals surface area contributed by atoms with E-state index in [0.717, 1.165) is 56.3 Å². The topological polar surface area (TPSA) is 43.6 Å². The third-order valence-electron chi connectivity index (χ3n) is 9.19. The Bertz CT molecular complexity index is 2580. The molecule has 0 aliphatic heterocycles. The van der Waals surface area contributed by atoms with Crippen LogP contribution in [0.2, 0.25) is 0 Å². The summed E-state index contributed by atoms with van der Waals surface area (Å²) in [6, 6.07) is 50.5. The Morgan fingerprint density at radius 2 is 1.43 bits per heavy atom. The SMILES string of the molecule is Cc1nc(C)c2c(nc(-c3[c-]cc(C)c4c3sc3cc(-c5ccccc5)ccc34)n2-c2ccccc2)c1C.[Ir].[c-]1ccccc1-c1ccccn1. The molecule has 0 saturated carbocycles. The van der Waals surface area contributed by atoms with E-state index in [1.165, 1.54) is 36.9 Å². The van der Waals surface area contributed by atoms with Crippen LogP contribution in [0.5, 0.6) is 0 Å². The molecule has 251 valence electrons. The molecule has 0 saturated heterocycles. The fourth-order valence-corrected chi connectivity index (χ4v) is 7.92. The van der Waals surface area contributed by atoms with Gasteiger partial charge in [-0.2, -0.15) is 11.3 Å². The third kappa shape index (κ3) is 6.43. The van der Waals surface area contributed by atoms with Gasteiger partial charge in [0.1, 0.15) is 0 Å². The molecule has 0 unspecified atom stereocenters. The van der Waals surface area contributed by atoms with E-state index in [4.69, 9.17) is 9.97 Å². The van der Waals surface area contributed by atoms with E-state index in [-0.39, 0.29) is 20.1 Å². The number of fused-ring (bicyclic) bond motifs is 4. The molecule has 5 aromatic carbocycles. The van der Waals surface area contributed by atoms with Crippen LogP contribution in [0.4, 0.5) is 0 Å². The zero-order chi connectivity index (χ0) is 34.2. The first-order chi connectivity index (χ1) is 24.5. The number of nitrogens with zero attached hydrogens (tertiary/aromatic N) is 4. The number of imidazole rings is 1. The smallest absolute Gasteiger partial charge is 0.0854 e. The summed E-state index contributed by atoms with van der Waals surface area (Å²) in [4.78, 5) is 14.4. The van der Waals surface area contributed by atoms with Crippen LogP contribution in [-0.2, 0) is 20.1 Å². The number of benzene rings is 5. The van der Waals surface area contributed by atoms with Crippen molar-refractivity contribution in [1.82, 2.24) is 19.5 Å². The average Bonchev–Trinajstić information content (AvgIpc) is 3.76. The van der Waals surface area contributed by atoms with Crippen LogP contribution in [-0.4, -0.2) is 19.5 Å². The summed E-state index contributed by atoms with van der Waals surface area (Å²) in [6.45, 7) is 8.45. The molecular formula is C45H34IrN4S-2. The van der Waals surface area contributed by atoms with E-state index in [2.05, 4.69) is 134 Å². The fourth-order valence-electron chi connectivity index (χ4n) is 6.60. The summed E-state index contributed by atoms with van der Waals surface area (Å²) in [5, 5.41) is 2.57. The number of hydrogen-bond acceptors (Lipinski definition) is 4. The first-order valence-electron chi connectivity index (χ1n) is 16.7. The minimum atomic E-state index is 0. The molecular weight excluding hydrogens is 821 g/mol. The molecule has 4 aromatic heterocycles. The van der Waals surface area contributed by atoms with Gasteiger partial charge >= 0.3 is 0 Å². The number of pyridine rings is 2. The van der Waals surface area contributed by atoms with Gasteiger partial charge in [0.15, 0.2) is 0 Å². The first-order valence-corrected chi connectivity index (χ1v) is 17.5. The molecule has 0 aliphatic rings. The van der Waals surface area contributed by atoms with Crippen LogP contribution >= 0.6 is 11.3 Å². The minimum Gasteiger partial charge on any atom is -0.332 e. The van der Waals surface area contributed by atoms with Crippen molar-refractivity contribution in [2.45, 2.75) is 27.7 Å². The summed E-state index contributed by atoms with van der Waals surface area (Å²) in [6.07, 6.45) is 1.79. The molecule has 0 fully saturated rings. The number of thiophene rings is 1. The maximum absolute atomic E-state index is 5.29. The number of aromatic nitrogens is 4. The summed E-state index contributed by atoms with van der Waals surface area (Å²) in [7, 11) is 0. The zero-order valence-corrected chi connectivity index (χ0v) is 31.9. The monoisotopic (exact) mass is 855 g/mol. The van der Waals surface area contributed by atoms with Gasteiger partial charge < -0.3 is 9.55 Å². The predicted octanol–water partition coefficient (Wildman–Crippen LogP) is 11.7. The third-order valence-corrected chi connectivity index (χ3v) is 10.4. The van der Waals surface area contributed by atoms with Crippen LogP contribution in [0.25, 0.3) is 70.7 Å². The van der Waals surface area contributed by atoms with Crippen molar-refractivity contribution in [2.24, 2.45) is 0 Å². The van der Waals surface area contributed by atoms with Crippen LogP contribution in [0.1, 0.15) is 22.5 Å². The average molecular weight is 855 g/mol. The Morgan fingerprint density at radius 1 is 0.686 bits per heavy atom. The van der Waals surface area contributed by atoms with Gasteiger partial charge in [-0.1, -0.05) is 90.7 Å². The van der Waals surface area contributed by atoms with Gasteiger partial charge in [-0.15, -0.1) is 53.6 Å². The van der Waals surface area contributed by atoms with Crippen molar-refractivity contribution in [1.29, 1.82) is 0 Å². The van der Waals surface area contributed by atoms with Gasteiger partial charge in [-0.25, -0.2) is 0 Å². The summed E-state index contributed by atoms with van der Waals surface area (Å²) >= 11 is 1.83. The molecule has 0 spiro atoms. The van der Waals surface area contributed by atoms with Gasteiger partial charge in [0, 0.05) is 42.4 Å². The van der Waals surface area contributed by atoms with Gasteiger partial charge in [0.05, 0.1) is 22.6 Å². The van der Waals surface area contributed by atoms with E-state index in [1.807, 2.05) is 53.8 Å². The van der Waals surface area contributed by atoms with Gasteiger partial charge in [-0.3, -0.25) is 9.97 Å². The predicted molar refractivity (Wildman–Crippen MR) is 209 cm³/mol. The van der Waals surface area contributed by atoms with Gasteiger partial charge in [-0.05, 0) is 77.5 Å². The molecule has 51 heavy (non-hydrogen) atoms. The second-order valence-electron chi connectivity index (χ2n) is 12.4. The van der Waals surface area contributed by atoms with Crippen molar-refractivity contribution in [2.75, 3.05) is 0 Å². The molecule has 9 rings (SSSR count). The summed E-state index contributed by atoms with van der Waals surface area (Å²) < 4.78 is 4.76. The standard InChI is InChI=1S/C34H26N3S.C11H8N.Ir/c1-20-15-17-28(33-30(20)27-18-16-25(19-29(27)38-33)24-11-7-5-8-12-24)34-36-31-21(2)22(3)35-23(4)32(31)37(34)26-13-9-6-10-14-26;1-2-6-10(7-3-1)11-8-4-5-9-12-11;/h5-16,18-19H,1-4H3;1-6,8-9H;/q2*-1;. The Morgan fingerprint density at radius 3 is 2.16 bits per heavy atom. The largest absolute Gasteiger partial charge is 0.332 e. The second kappa shape index (κ2) is 14.5. The van der Waals surface area contributed by atoms with E-state index in [9.17, 15) is 0 Å². The van der Waals surface area contributed by atoms with Crippen LogP contribution in [0.15, 0.2) is 134 Å². The van der Waals surface area contributed by atoms with Crippen molar-refractivity contribution in [3.05, 3.63) is 168 Å². The molecule has 4 heterocycles. The van der Waals surface area contributed by atoms with Crippen molar-refractivity contribution in [3.63, 3.8) is 0 Å². The second-order valence-corrected chi connectivity index (χ2v) is 13.5. The Hall–Kier alpha value is -5.26. The van der Waals surface area contributed by atoms with E-state index in [0.29, 0.717) is 0 Å². The van der Waals surface area contributed by atoms with Crippen LogP contribution < -0.4 is 0 Å². The summed E-state index contributed by atoms with van der Waals surface area (Å²) in [5.41, 5.74) is 13.0. The Labute approximate surface area is 315 Å². The quantitative estimate of drug-likeness (QED) is 0.166. The molecule has 0 amide bonds. The van der Waals surface area contributed by atoms with Crippen LogP contribution in [0, 0.1) is 39.8 Å². The van der Waals surface area contributed by atoms with E-state index >= 15 is 0 Å². The molecule has 1 radical (unpaired) electrons. The fraction of sp³-hybridized carbons (Fsp3) is 0.0889. The minimum absolute atomic E-state index is 0. The number of aryl methyl sites for hydroxylation is 4. The molecule has 9 aromatic rings. The molecule has 0 atom stereocenters. The zero-order valence-electron chi connectivity index (χ0n) is 28.7. The molecule has 0 aliphatic carbocycles. The van der Waals surface area contributed by atoms with E-state index in [1.54, 1.807) is 6.20 Å². The number of para-hydroxylation sites is 1. The Balaban J connectivity index is 0.000000265. The van der Waals surface area contributed by atoms with Crippen molar-refractivity contribution in [3.8, 4) is 39.5 Å².